The maximum absolute atomic E-state index is 4.95. The zero-order valence-corrected chi connectivity index (χ0v) is 9.75. The van der Waals surface area contributed by atoms with Crippen LogP contribution in [0.25, 0.3) is 0 Å². The minimum atomic E-state index is 0.798. The summed E-state index contributed by atoms with van der Waals surface area (Å²) in [5, 5.41) is 3.21. The fraction of sp³-hybridized carbons (Fsp3) is 0.556. The summed E-state index contributed by atoms with van der Waals surface area (Å²) < 4.78 is 5.75. The van der Waals surface area contributed by atoms with Gasteiger partial charge in [-0.1, -0.05) is 0 Å². The SMILES string of the molecule is COCCCCNc1cc(Br)ncn1. The van der Waals surface area contributed by atoms with Crippen LogP contribution in [0.4, 0.5) is 5.82 Å². The summed E-state index contributed by atoms with van der Waals surface area (Å²) in [6, 6.07) is 1.86. The number of anilines is 1. The number of nitrogens with one attached hydrogen (secondary N) is 1. The van der Waals surface area contributed by atoms with Gasteiger partial charge in [0.25, 0.3) is 0 Å². The van der Waals surface area contributed by atoms with Crippen molar-refractivity contribution in [2.24, 2.45) is 0 Å². The van der Waals surface area contributed by atoms with E-state index in [2.05, 4.69) is 31.2 Å². The van der Waals surface area contributed by atoms with Crippen LogP contribution in [0.1, 0.15) is 12.8 Å². The van der Waals surface area contributed by atoms with E-state index in [1.807, 2.05) is 6.07 Å². The normalized spacial score (nSPS) is 10.1. The Morgan fingerprint density at radius 1 is 1.43 bits per heavy atom. The highest BCUT2D eigenvalue weighted by atomic mass is 79.9. The molecule has 0 radical (unpaired) electrons. The van der Waals surface area contributed by atoms with Crippen molar-refractivity contribution in [2.45, 2.75) is 12.8 Å². The fourth-order valence-electron chi connectivity index (χ4n) is 1.02. The molecule has 0 atom stereocenters. The third-order valence-corrected chi connectivity index (χ3v) is 2.15. The van der Waals surface area contributed by atoms with Gasteiger partial charge in [0, 0.05) is 26.3 Å². The minimum absolute atomic E-state index is 0.798. The van der Waals surface area contributed by atoms with Crippen molar-refractivity contribution in [2.75, 3.05) is 25.6 Å². The Morgan fingerprint density at radius 2 is 2.29 bits per heavy atom. The zero-order valence-electron chi connectivity index (χ0n) is 8.16. The molecule has 5 heteroatoms. The average Bonchev–Trinajstić information content (AvgIpc) is 2.18. The molecule has 78 valence electrons. The van der Waals surface area contributed by atoms with Crippen LogP contribution in [0.3, 0.4) is 0 Å². The van der Waals surface area contributed by atoms with Gasteiger partial charge in [-0.3, -0.25) is 0 Å². The Morgan fingerprint density at radius 3 is 3.00 bits per heavy atom. The van der Waals surface area contributed by atoms with Crippen molar-refractivity contribution in [3.05, 3.63) is 17.0 Å². The molecule has 1 aromatic rings. The number of nitrogens with zero attached hydrogens (tertiary/aromatic N) is 2. The Kier molecular flexibility index (Phi) is 5.47. The molecule has 1 rings (SSSR count). The monoisotopic (exact) mass is 259 g/mol. The summed E-state index contributed by atoms with van der Waals surface area (Å²) in [5.41, 5.74) is 0. The number of halogens is 1. The van der Waals surface area contributed by atoms with Gasteiger partial charge < -0.3 is 10.1 Å². The molecule has 0 bridgehead atoms. The van der Waals surface area contributed by atoms with Crippen molar-refractivity contribution >= 4 is 21.7 Å². The lowest BCUT2D eigenvalue weighted by atomic mass is 10.3. The number of methoxy groups -OCH3 is 1. The van der Waals surface area contributed by atoms with E-state index >= 15 is 0 Å². The number of rotatable bonds is 6. The highest BCUT2D eigenvalue weighted by Crippen LogP contribution is 2.09. The van der Waals surface area contributed by atoms with Gasteiger partial charge in [0.05, 0.1) is 0 Å². The van der Waals surface area contributed by atoms with E-state index in [0.717, 1.165) is 36.4 Å². The van der Waals surface area contributed by atoms with E-state index < -0.39 is 0 Å². The van der Waals surface area contributed by atoms with E-state index in [0.29, 0.717) is 0 Å². The molecule has 0 unspecified atom stereocenters. The first-order valence-corrected chi connectivity index (χ1v) is 5.32. The topological polar surface area (TPSA) is 47.0 Å². The minimum Gasteiger partial charge on any atom is -0.385 e. The van der Waals surface area contributed by atoms with Crippen LogP contribution in [0.15, 0.2) is 17.0 Å². The highest BCUT2D eigenvalue weighted by Gasteiger charge is 1.94. The van der Waals surface area contributed by atoms with Gasteiger partial charge in [0.1, 0.15) is 16.7 Å². The van der Waals surface area contributed by atoms with Crippen LogP contribution < -0.4 is 5.32 Å². The Hall–Kier alpha value is -0.680. The summed E-state index contributed by atoms with van der Waals surface area (Å²) in [7, 11) is 1.72. The third kappa shape index (κ3) is 4.53. The van der Waals surface area contributed by atoms with E-state index in [9.17, 15) is 0 Å². The van der Waals surface area contributed by atoms with E-state index in [1.165, 1.54) is 6.33 Å². The largest absolute Gasteiger partial charge is 0.385 e. The quantitative estimate of drug-likeness (QED) is 0.628. The van der Waals surface area contributed by atoms with Crippen LogP contribution in [-0.4, -0.2) is 30.2 Å². The molecule has 0 amide bonds. The summed E-state index contributed by atoms with van der Waals surface area (Å²) in [5.74, 6) is 0.851. The summed E-state index contributed by atoms with van der Waals surface area (Å²) in [6.45, 7) is 1.72. The van der Waals surface area contributed by atoms with Crippen LogP contribution >= 0.6 is 15.9 Å². The summed E-state index contributed by atoms with van der Waals surface area (Å²) >= 11 is 3.28. The Labute approximate surface area is 92.2 Å². The van der Waals surface area contributed by atoms with E-state index in [-0.39, 0.29) is 0 Å². The van der Waals surface area contributed by atoms with Crippen LogP contribution in [0, 0.1) is 0 Å². The first kappa shape index (κ1) is 11.4. The lowest BCUT2D eigenvalue weighted by molar-refractivity contribution is 0.194. The van der Waals surface area contributed by atoms with E-state index in [4.69, 9.17) is 4.74 Å². The molecule has 0 spiro atoms. The third-order valence-electron chi connectivity index (χ3n) is 1.72. The van der Waals surface area contributed by atoms with Gasteiger partial charge >= 0.3 is 0 Å². The van der Waals surface area contributed by atoms with Gasteiger partial charge in [-0.05, 0) is 28.8 Å². The zero-order chi connectivity index (χ0) is 10.2. The van der Waals surface area contributed by atoms with Crippen LogP contribution in [0.5, 0.6) is 0 Å². The smallest absolute Gasteiger partial charge is 0.130 e. The standard InChI is InChI=1S/C9H14BrN3O/c1-14-5-3-2-4-11-9-6-8(10)12-7-13-9/h6-7H,2-5H2,1H3,(H,11,12,13). The van der Waals surface area contributed by atoms with Crippen LogP contribution in [-0.2, 0) is 4.74 Å². The van der Waals surface area contributed by atoms with Gasteiger partial charge in [0.15, 0.2) is 0 Å². The van der Waals surface area contributed by atoms with Gasteiger partial charge in [0.2, 0.25) is 0 Å². The van der Waals surface area contributed by atoms with Crippen LogP contribution in [0.2, 0.25) is 0 Å². The molecular weight excluding hydrogens is 246 g/mol. The van der Waals surface area contributed by atoms with Gasteiger partial charge in [-0.2, -0.15) is 0 Å². The van der Waals surface area contributed by atoms with Crippen molar-refractivity contribution < 1.29 is 4.74 Å². The molecule has 0 saturated carbocycles. The predicted octanol–water partition coefficient (Wildman–Crippen LogP) is 2.08. The second-order valence-electron chi connectivity index (χ2n) is 2.85. The number of ether oxygens (including phenoxy) is 1. The average molecular weight is 260 g/mol. The predicted molar refractivity (Wildman–Crippen MR) is 59.3 cm³/mol. The number of hydrogen-bond acceptors (Lipinski definition) is 4. The molecule has 4 nitrogen and oxygen atoms in total. The second-order valence-corrected chi connectivity index (χ2v) is 3.67. The maximum Gasteiger partial charge on any atom is 0.130 e. The number of unbranched alkanes of at least 4 members (excludes halogenated alkanes) is 1. The summed E-state index contributed by atoms with van der Waals surface area (Å²) in [4.78, 5) is 8.02. The summed E-state index contributed by atoms with van der Waals surface area (Å²) in [6.07, 6.45) is 3.67. The first-order valence-electron chi connectivity index (χ1n) is 4.53. The Bertz CT molecular complexity index is 270. The maximum atomic E-state index is 4.95. The van der Waals surface area contributed by atoms with Crippen molar-refractivity contribution in [3.63, 3.8) is 0 Å². The Balaban J connectivity index is 2.18. The molecule has 0 aliphatic heterocycles. The molecule has 1 aromatic heterocycles. The van der Waals surface area contributed by atoms with Crippen molar-refractivity contribution in [1.29, 1.82) is 0 Å². The van der Waals surface area contributed by atoms with Gasteiger partial charge in [-0.15, -0.1) is 0 Å². The number of hydrogen-bond donors (Lipinski definition) is 1. The molecule has 0 aliphatic carbocycles. The number of aromatic nitrogens is 2. The molecule has 0 aromatic carbocycles. The first-order chi connectivity index (χ1) is 6.83. The van der Waals surface area contributed by atoms with Crippen molar-refractivity contribution in [3.8, 4) is 0 Å². The lowest BCUT2D eigenvalue weighted by Gasteiger charge is -2.04. The van der Waals surface area contributed by atoms with Crippen molar-refractivity contribution in [1.82, 2.24) is 9.97 Å². The molecule has 0 fully saturated rings. The molecule has 0 saturated heterocycles. The molecule has 1 heterocycles. The van der Waals surface area contributed by atoms with Gasteiger partial charge in [-0.25, -0.2) is 9.97 Å². The molecule has 14 heavy (non-hydrogen) atoms. The molecule has 1 N–H and O–H groups in total. The van der Waals surface area contributed by atoms with E-state index in [1.54, 1.807) is 7.11 Å². The fourth-order valence-corrected chi connectivity index (χ4v) is 1.33. The highest BCUT2D eigenvalue weighted by molar-refractivity contribution is 9.10. The molecular formula is C9H14BrN3O. The second kappa shape index (κ2) is 6.73. The lowest BCUT2D eigenvalue weighted by Crippen LogP contribution is -2.04. The molecule has 0 aliphatic rings.